The molecule has 2 rings (SSSR count). The van der Waals surface area contributed by atoms with E-state index in [1.165, 1.54) is 18.2 Å². The van der Waals surface area contributed by atoms with Gasteiger partial charge in [0.25, 0.3) is 11.6 Å². The predicted octanol–water partition coefficient (Wildman–Crippen LogP) is 3.28. The number of carbonyl (C=O) groups excluding carboxylic acids is 2. The van der Waals surface area contributed by atoms with E-state index in [2.05, 4.69) is 5.32 Å². The average molecular weight is 363 g/mol. The lowest BCUT2D eigenvalue weighted by atomic mass is 10.1. The minimum atomic E-state index is -0.811. The number of non-ortho nitro benzene ring substituents is 1. The van der Waals surface area contributed by atoms with E-state index in [0.29, 0.717) is 5.02 Å². The summed E-state index contributed by atoms with van der Waals surface area (Å²) in [5.74, 6) is -1.31. The third-order valence-electron chi connectivity index (χ3n) is 3.35. The molecule has 130 valence electrons. The first-order chi connectivity index (χ1) is 11.9. The topological polar surface area (TPSA) is 98.5 Å². The maximum atomic E-state index is 11.9. The Balaban J connectivity index is 1.90. The molecule has 0 heterocycles. The normalized spacial score (nSPS) is 11.4. The zero-order valence-corrected chi connectivity index (χ0v) is 14.0. The molecule has 2 aromatic rings. The van der Waals surface area contributed by atoms with Crippen LogP contribution in [0.2, 0.25) is 5.02 Å². The number of hydrogen-bond acceptors (Lipinski definition) is 5. The molecule has 0 aliphatic rings. The molecule has 8 heteroatoms. The molecule has 0 saturated carbocycles. The van der Waals surface area contributed by atoms with Crippen molar-refractivity contribution in [1.29, 1.82) is 0 Å². The van der Waals surface area contributed by atoms with E-state index in [9.17, 15) is 19.7 Å². The van der Waals surface area contributed by atoms with Gasteiger partial charge in [-0.25, -0.2) is 4.79 Å². The highest BCUT2D eigenvalue weighted by Crippen LogP contribution is 2.17. The van der Waals surface area contributed by atoms with Crippen molar-refractivity contribution in [2.45, 2.75) is 13.0 Å². The van der Waals surface area contributed by atoms with Crippen molar-refractivity contribution in [3.05, 3.63) is 74.8 Å². The van der Waals surface area contributed by atoms with Crippen molar-refractivity contribution in [3.63, 3.8) is 0 Å². The van der Waals surface area contributed by atoms with Gasteiger partial charge in [-0.15, -0.1) is 0 Å². The number of ether oxygens (including phenoxy) is 1. The Morgan fingerprint density at radius 3 is 2.64 bits per heavy atom. The van der Waals surface area contributed by atoms with E-state index in [4.69, 9.17) is 16.3 Å². The first kappa shape index (κ1) is 18.4. The number of benzene rings is 2. The molecule has 0 aliphatic carbocycles. The van der Waals surface area contributed by atoms with Gasteiger partial charge in [-0.2, -0.15) is 0 Å². The zero-order chi connectivity index (χ0) is 18.4. The molecule has 1 amide bonds. The lowest BCUT2D eigenvalue weighted by molar-refractivity contribution is -0.384. The van der Waals surface area contributed by atoms with Crippen LogP contribution in [0.25, 0.3) is 0 Å². The summed E-state index contributed by atoms with van der Waals surface area (Å²) in [5.41, 5.74) is 0.587. The summed E-state index contributed by atoms with van der Waals surface area (Å²) in [6.07, 6.45) is 0. The van der Waals surface area contributed by atoms with Crippen molar-refractivity contribution < 1.29 is 19.2 Å². The minimum Gasteiger partial charge on any atom is -0.452 e. The number of nitro benzene ring substituents is 1. The van der Waals surface area contributed by atoms with E-state index in [-0.39, 0.29) is 17.3 Å². The fraction of sp³-hybridized carbons (Fsp3) is 0.176. The Morgan fingerprint density at radius 2 is 1.96 bits per heavy atom. The molecule has 0 unspecified atom stereocenters. The molecule has 0 saturated heterocycles. The average Bonchev–Trinajstić information content (AvgIpc) is 2.59. The Kier molecular flexibility index (Phi) is 6.08. The lowest BCUT2D eigenvalue weighted by Gasteiger charge is -2.14. The van der Waals surface area contributed by atoms with E-state index in [1.807, 2.05) is 6.07 Å². The Labute approximate surface area is 148 Å². The zero-order valence-electron chi connectivity index (χ0n) is 13.3. The number of carbonyl (C=O) groups is 2. The fourth-order valence-electron chi connectivity index (χ4n) is 2.10. The summed E-state index contributed by atoms with van der Waals surface area (Å²) in [6, 6.07) is 11.8. The van der Waals surface area contributed by atoms with Gasteiger partial charge in [0.2, 0.25) is 0 Å². The van der Waals surface area contributed by atoms with E-state index in [1.54, 1.807) is 25.1 Å². The molecule has 0 aromatic heterocycles. The second-order valence-electron chi connectivity index (χ2n) is 5.23. The van der Waals surface area contributed by atoms with E-state index < -0.39 is 23.4 Å². The van der Waals surface area contributed by atoms with Crippen LogP contribution >= 0.6 is 11.6 Å². The molecule has 1 atom stereocenters. The molecule has 0 radical (unpaired) electrons. The largest absolute Gasteiger partial charge is 0.452 e. The maximum Gasteiger partial charge on any atom is 0.338 e. The number of nitrogens with zero attached hydrogens (tertiary/aromatic N) is 1. The summed E-state index contributed by atoms with van der Waals surface area (Å²) in [6.45, 7) is 1.28. The second-order valence-corrected chi connectivity index (χ2v) is 5.66. The van der Waals surface area contributed by atoms with Crippen molar-refractivity contribution in [3.8, 4) is 0 Å². The van der Waals surface area contributed by atoms with Crippen molar-refractivity contribution in [1.82, 2.24) is 5.32 Å². The van der Waals surface area contributed by atoms with Crippen LogP contribution in [0.15, 0.2) is 48.5 Å². The van der Waals surface area contributed by atoms with Gasteiger partial charge in [0, 0.05) is 17.2 Å². The molecule has 25 heavy (non-hydrogen) atoms. The Morgan fingerprint density at radius 1 is 1.24 bits per heavy atom. The smallest absolute Gasteiger partial charge is 0.338 e. The van der Waals surface area contributed by atoms with Crippen LogP contribution in [0.4, 0.5) is 5.69 Å². The van der Waals surface area contributed by atoms with Crippen molar-refractivity contribution in [2.24, 2.45) is 0 Å². The Bertz CT molecular complexity index is 809. The lowest BCUT2D eigenvalue weighted by Crippen LogP contribution is -2.31. The Hall–Kier alpha value is -2.93. The van der Waals surface area contributed by atoms with Gasteiger partial charge in [-0.3, -0.25) is 14.9 Å². The number of halogens is 1. The van der Waals surface area contributed by atoms with Gasteiger partial charge < -0.3 is 10.1 Å². The van der Waals surface area contributed by atoms with Crippen molar-refractivity contribution >= 4 is 29.2 Å². The van der Waals surface area contributed by atoms with Gasteiger partial charge >= 0.3 is 5.97 Å². The fourth-order valence-corrected chi connectivity index (χ4v) is 2.30. The molecule has 0 spiro atoms. The third kappa shape index (κ3) is 5.29. The SMILES string of the molecule is C[C@@H](NC(=O)COC(=O)c1cccc([N+](=O)[O-])c1)c1cccc(Cl)c1. The molecule has 2 aromatic carbocycles. The van der Waals surface area contributed by atoms with Crippen LogP contribution in [0.5, 0.6) is 0 Å². The summed E-state index contributed by atoms with van der Waals surface area (Å²) < 4.78 is 4.89. The van der Waals surface area contributed by atoms with Gasteiger partial charge in [-0.1, -0.05) is 29.8 Å². The van der Waals surface area contributed by atoms with Gasteiger partial charge in [-0.05, 0) is 30.7 Å². The van der Waals surface area contributed by atoms with Crippen LogP contribution in [-0.2, 0) is 9.53 Å². The standard InChI is InChI=1S/C17H15ClN2O5/c1-11(12-4-2-6-14(18)8-12)19-16(21)10-25-17(22)13-5-3-7-15(9-13)20(23)24/h2-9,11H,10H2,1H3,(H,19,21)/t11-/m1/s1. The maximum absolute atomic E-state index is 11.9. The molecule has 7 nitrogen and oxygen atoms in total. The number of nitrogens with one attached hydrogen (secondary N) is 1. The summed E-state index contributed by atoms with van der Waals surface area (Å²) >= 11 is 5.90. The highest BCUT2D eigenvalue weighted by molar-refractivity contribution is 6.30. The summed E-state index contributed by atoms with van der Waals surface area (Å²) in [7, 11) is 0. The van der Waals surface area contributed by atoms with Crippen LogP contribution in [0.1, 0.15) is 28.9 Å². The molecule has 1 N–H and O–H groups in total. The number of nitro groups is 1. The van der Waals surface area contributed by atoms with Gasteiger partial charge in [0.15, 0.2) is 6.61 Å². The van der Waals surface area contributed by atoms with Crippen LogP contribution < -0.4 is 5.32 Å². The van der Waals surface area contributed by atoms with Crippen LogP contribution in [-0.4, -0.2) is 23.4 Å². The minimum absolute atomic E-state index is 0.00453. The first-order valence-electron chi connectivity index (χ1n) is 7.33. The van der Waals surface area contributed by atoms with Gasteiger partial charge in [0.1, 0.15) is 0 Å². The number of amides is 1. The van der Waals surface area contributed by atoms with Crippen LogP contribution in [0.3, 0.4) is 0 Å². The number of hydrogen-bond donors (Lipinski definition) is 1. The van der Waals surface area contributed by atoms with E-state index >= 15 is 0 Å². The second kappa shape index (κ2) is 8.25. The van der Waals surface area contributed by atoms with Gasteiger partial charge in [0.05, 0.1) is 16.5 Å². The highest BCUT2D eigenvalue weighted by Gasteiger charge is 2.15. The molecule has 0 bridgehead atoms. The molecular formula is C17H15ClN2O5. The molecular weight excluding hydrogens is 348 g/mol. The highest BCUT2D eigenvalue weighted by atomic mass is 35.5. The van der Waals surface area contributed by atoms with Crippen LogP contribution in [0, 0.1) is 10.1 Å². The number of rotatable bonds is 6. The first-order valence-corrected chi connectivity index (χ1v) is 7.71. The summed E-state index contributed by atoms with van der Waals surface area (Å²) in [5, 5.41) is 13.9. The molecule has 0 fully saturated rings. The predicted molar refractivity (Wildman–Crippen MR) is 91.4 cm³/mol. The van der Waals surface area contributed by atoms with Crippen molar-refractivity contribution in [2.75, 3.05) is 6.61 Å². The monoisotopic (exact) mass is 362 g/mol. The molecule has 0 aliphatic heterocycles. The van der Waals surface area contributed by atoms with E-state index in [0.717, 1.165) is 11.6 Å². The number of esters is 1. The third-order valence-corrected chi connectivity index (χ3v) is 3.59. The summed E-state index contributed by atoms with van der Waals surface area (Å²) in [4.78, 5) is 33.9. The quantitative estimate of drug-likeness (QED) is 0.483.